The second-order valence-electron chi connectivity index (χ2n) is 5.01. The lowest BCUT2D eigenvalue weighted by Crippen LogP contribution is -2.42. The lowest BCUT2D eigenvalue weighted by Gasteiger charge is -2.32. The summed E-state index contributed by atoms with van der Waals surface area (Å²) in [4.78, 5) is 14.4. The van der Waals surface area contributed by atoms with Crippen LogP contribution < -0.4 is 5.73 Å². The van der Waals surface area contributed by atoms with Gasteiger partial charge in [-0.05, 0) is 56.0 Å². The smallest absolute Gasteiger partial charge is 0.253 e. The van der Waals surface area contributed by atoms with E-state index in [0.29, 0.717) is 12.5 Å². The highest BCUT2D eigenvalue weighted by Gasteiger charge is 2.23. The Morgan fingerprint density at radius 3 is 2.94 bits per heavy atom. The number of amides is 1. The predicted octanol–water partition coefficient (Wildman–Crippen LogP) is 2.57. The van der Waals surface area contributed by atoms with Crippen molar-refractivity contribution in [1.82, 2.24) is 4.90 Å². The van der Waals surface area contributed by atoms with Gasteiger partial charge in [-0.25, -0.2) is 0 Å². The van der Waals surface area contributed by atoms with Gasteiger partial charge < -0.3 is 10.6 Å². The summed E-state index contributed by atoms with van der Waals surface area (Å²) >= 11 is 3.44. The topological polar surface area (TPSA) is 46.3 Å². The summed E-state index contributed by atoms with van der Waals surface area (Å²) in [5, 5.41) is 0. The number of carbonyl (C=O) groups excluding carboxylic acids is 1. The molecule has 1 aliphatic rings. The zero-order chi connectivity index (χ0) is 13.1. The van der Waals surface area contributed by atoms with Gasteiger partial charge in [0.1, 0.15) is 0 Å². The Kier molecular flexibility index (Phi) is 4.40. The number of aryl methyl sites for hydroxylation is 1. The molecule has 0 aliphatic carbocycles. The molecule has 0 radical (unpaired) electrons. The number of likely N-dealkylation sites (tertiary alicyclic amines) is 1. The summed E-state index contributed by atoms with van der Waals surface area (Å²) in [5.41, 5.74) is 7.57. The molecule has 0 spiro atoms. The number of hydrogen-bond donors (Lipinski definition) is 1. The molecule has 1 unspecified atom stereocenters. The Morgan fingerprint density at radius 2 is 2.28 bits per heavy atom. The number of nitrogens with zero attached hydrogens (tertiary/aromatic N) is 1. The van der Waals surface area contributed by atoms with Crippen LogP contribution in [0.3, 0.4) is 0 Å². The third kappa shape index (κ3) is 3.12. The van der Waals surface area contributed by atoms with Gasteiger partial charge in [-0.2, -0.15) is 0 Å². The SMILES string of the molecule is Cc1cc(Br)cc(C(=O)N2CCCC(CN)C2)c1. The quantitative estimate of drug-likeness (QED) is 0.912. The van der Waals surface area contributed by atoms with Crippen LogP contribution in [0.15, 0.2) is 22.7 Å². The number of rotatable bonds is 2. The standard InChI is InChI=1S/C14H19BrN2O/c1-10-5-12(7-13(15)6-10)14(18)17-4-2-3-11(8-16)9-17/h5-7,11H,2-4,8-9,16H2,1H3. The van der Waals surface area contributed by atoms with Crippen molar-refractivity contribution >= 4 is 21.8 Å². The minimum absolute atomic E-state index is 0.123. The highest BCUT2D eigenvalue weighted by molar-refractivity contribution is 9.10. The molecule has 1 heterocycles. The summed E-state index contributed by atoms with van der Waals surface area (Å²) in [6.45, 7) is 4.31. The number of nitrogens with two attached hydrogens (primary N) is 1. The van der Waals surface area contributed by atoms with Gasteiger partial charge in [0.2, 0.25) is 0 Å². The summed E-state index contributed by atoms with van der Waals surface area (Å²) in [5.74, 6) is 0.577. The fourth-order valence-electron chi connectivity index (χ4n) is 2.48. The molecule has 3 nitrogen and oxygen atoms in total. The van der Waals surface area contributed by atoms with Crippen molar-refractivity contribution in [3.05, 3.63) is 33.8 Å². The molecule has 4 heteroatoms. The number of benzene rings is 1. The summed E-state index contributed by atoms with van der Waals surface area (Å²) in [6, 6.07) is 5.84. The third-order valence-electron chi connectivity index (χ3n) is 3.43. The van der Waals surface area contributed by atoms with Gasteiger partial charge in [-0.15, -0.1) is 0 Å². The Bertz CT molecular complexity index is 427. The van der Waals surface area contributed by atoms with E-state index in [1.54, 1.807) is 0 Å². The van der Waals surface area contributed by atoms with E-state index in [-0.39, 0.29) is 5.91 Å². The summed E-state index contributed by atoms with van der Waals surface area (Å²) in [6.07, 6.45) is 2.19. The Labute approximate surface area is 116 Å². The maximum Gasteiger partial charge on any atom is 0.253 e. The van der Waals surface area contributed by atoms with Crippen molar-refractivity contribution in [2.45, 2.75) is 19.8 Å². The van der Waals surface area contributed by atoms with E-state index in [0.717, 1.165) is 41.5 Å². The van der Waals surface area contributed by atoms with E-state index in [9.17, 15) is 4.79 Å². The molecule has 98 valence electrons. The maximum absolute atomic E-state index is 12.4. The Hall–Kier alpha value is -0.870. The van der Waals surface area contributed by atoms with E-state index in [1.807, 2.05) is 30.0 Å². The van der Waals surface area contributed by atoms with Gasteiger partial charge in [0, 0.05) is 23.1 Å². The molecule has 1 fully saturated rings. The normalized spacial score (nSPS) is 19.9. The second-order valence-corrected chi connectivity index (χ2v) is 5.93. The van der Waals surface area contributed by atoms with Crippen molar-refractivity contribution < 1.29 is 4.79 Å². The van der Waals surface area contributed by atoms with Crippen molar-refractivity contribution in [3.63, 3.8) is 0 Å². The van der Waals surface area contributed by atoms with Crippen LogP contribution in [-0.4, -0.2) is 30.4 Å². The average Bonchev–Trinajstić information content (AvgIpc) is 2.37. The van der Waals surface area contributed by atoms with Crippen LogP contribution in [-0.2, 0) is 0 Å². The first kappa shape index (κ1) is 13.6. The van der Waals surface area contributed by atoms with Gasteiger partial charge in [-0.1, -0.05) is 15.9 Å². The minimum atomic E-state index is 0.123. The monoisotopic (exact) mass is 310 g/mol. The zero-order valence-electron chi connectivity index (χ0n) is 10.7. The van der Waals surface area contributed by atoms with Gasteiger partial charge in [-0.3, -0.25) is 4.79 Å². The molecule has 0 aromatic heterocycles. The number of piperidine rings is 1. The van der Waals surface area contributed by atoms with Gasteiger partial charge >= 0.3 is 0 Å². The lowest BCUT2D eigenvalue weighted by atomic mass is 9.97. The number of halogens is 1. The molecule has 0 bridgehead atoms. The van der Waals surface area contributed by atoms with Crippen LogP contribution in [0.1, 0.15) is 28.8 Å². The Morgan fingerprint density at radius 1 is 1.50 bits per heavy atom. The largest absolute Gasteiger partial charge is 0.338 e. The first-order valence-corrected chi connectivity index (χ1v) is 7.16. The van der Waals surface area contributed by atoms with Crippen LogP contribution in [0.4, 0.5) is 0 Å². The third-order valence-corrected chi connectivity index (χ3v) is 3.89. The maximum atomic E-state index is 12.4. The first-order valence-electron chi connectivity index (χ1n) is 6.36. The van der Waals surface area contributed by atoms with Crippen LogP contribution in [0.25, 0.3) is 0 Å². The van der Waals surface area contributed by atoms with E-state index >= 15 is 0 Å². The second kappa shape index (κ2) is 5.85. The summed E-state index contributed by atoms with van der Waals surface area (Å²) < 4.78 is 0.957. The van der Waals surface area contributed by atoms with Crippen LogP contribution in [0.2, 0.25) is 0 Å². The molecule has 1 aromatic rings. The van der Waals surface area contributed by atoms with E-state index in [2.05, 4.69) is 15.9 Å². The highest BCUT2D eigenvalue weighted by Crippen LogP contribution is 2.20. The molecule has 18 heavy (non-hydrogen) atoms. The summed E-state index contributed by atoms with van der Waals surface area (Å²) in [7, 11) is 0. The fourth-order valence-corrected chi connectivity index (χ4v) is 3.09. The highest BCUT2D eigenvalue weighted by atomic mass is 79.9. The molecule has 1 saturated heterocycles. The number of carbonyl (C=O) groups is 1. The molecular formula is C14H19BrN2O. The Balaban J connectivity index is 2.15. The van der Waals surface area contributed by atoms with Crippen molar-refractivity contribution in [1.29, 1.82) is 0 Å². The van der Waals surface area contributed by atoms with Crippen LogP contribution >= 0.6 is 15.9 Å². The van der Waals surface area contributed by atoms with Crippen molar-refractivity contribution in [2.75, 3.05) is 19.6 Å². The molecular weight excluding hydrogens is 292 g/mol. The van der Waals surface area contributed by atoms with Crippen molar-refractivity contribution in [2.24, 2.45) is 11.7 Å². The first-order chi connectivity index (χ1) is 8.60. The molecule has 1 aliphatic heterocycles. The molecule has 1 amide bonds. The molecule has 0 saturated carbocycles. The molecule has 1 atom stereocenters. The van der Waals surface area contributed by atoms with E-state index < -0.39 is 0 Å². The number of hydrogen-bond acceptors (Lipinski definition) is 2. The van der Waals surface area contributed by atoms with Gasteiger partial charge in [0.05, 0.1) is 0 Å². The van der Waals surface area contributed by atoms with Crippen LogP contribution in [0.5, 0.6) is 0 Å². The molecule has 2 N–H and O–H groups in total. The van der Waals surface area contributed by atoms with E-state index in [4.69, 9.17) is 5.73 Å². The molecule has 2 rings (SSSR count). The fraction of sp³-hybridized carbons (Fsp3) is 0.500. The zero-order valence-corrected chi connectivity index (χ0v) is 12.2. The van der Waals surface area contributed by atoms with Gasteiger partial charge in [0.25, 0.3) is 5.91 Å². The van der Waals surface area contributed by atoms with E-state index in [1.165, 1.54) is 0 Å². The van der Waals surface area contributed by atoms with Crippen molar-refractivity contribution in [3.8, 4) is 0 Å². The predicted molar refractivity (Wildman–Crippen MR) is 76.6 cm³/mol. The lowest BCUT2D eigenvalue weighted by molar-refractivity contribution is 0.0678. The molecule has 1 aromatic carbocycles. The average molecular weight is 311 g/mol. The van der Waals surface area contributed by atoms with Gasteiger partial charge in [0.15, 0.2) is 0 Å². The minimum Gasteiger partial charge on any atom is -0.338 e. The van der Waals surface area contributed by atoms with Crippen LogP contribution in [0, 0.1) is 12.8 Å².